The minimum absolute atomic E-state index is 0.000306. The molecule has 0 aliphatic heterocycles. The van der Waals surface area contributed by atoms with E-state index in [1.165, 1.54) is 37.5 Å². The predicted molar refractivity (Wildman–Crippen MR) is 242 cm³/mol. The van der Waals surface area contributed by atoms with Gasteiger partial charge in [0.05, 0.1) is 38.8 Å². The smallest absolute Gasteiger partial charge is 0.0882 e. The van der Waals surface area contributed by atoms with Gasteiger partial charge in [-0.15, -0.1) is 11.3 Å². The Morgan fingerprint density at radius 3 is 1.64 bits per heavy atom. The van der Waals surface area contributed by atoms with Crippen LogP contribution in [0, 0.1) is 0 Å². The van der Waals surface area contributed by atoms with Gasteiger partial charge in [-0.05, 0) is 93.6 Å². The van der Waals surface area contributed by atoms with E-state index in [4.69, 9.17) is 11.6 Å². The summed E-state index contributed by atoms with van der Waals surface area (Å²) in [5.74, 6) is 0. The number of nitrogens with zero attached hydrogens (tertiary/aromatic N) is 2. The van der Waals surface area contributed by atoms with Gasteiger partial charge in [-0.2, -0.15) is 0 Å². The van der Waals surface area contributed by atoms with Gasteiger partial charge in [0.15, 0.2) is 0 Å². The van der Waals surface area contributed by atoms with Crippen LogP contribution in [-0.4, -0.2) is 4.57 Å². The van der Waals surface area contributed by atoms with E-state index in [9.17, 15) is 0 Å². The molecule has 6 aromatic carbocycles. The summed E-state index contributed by atoms with van der Waals surface area (Å²) in [6.45, 7) is 20.4. The van der Waals surface area contributed by atoms with Crippen LogP contribution in [0.4, 0.5) is 28.4 Å². The molecule has 8 aromatic rings. The van der Waals surface area contributed by atoms with Crippen LogP contribution in [0.3, 0.4) is 0 Å². The van der Waals surface area contributed by atoms with E-state index in [-0.39, 0.29) is 16.2 Å². The summed E-state index contributed by atoms with van der Waals surface area (Å²) in [5.41, 5.74) is 12.1. The number of fused-ring (bicyclic) bond motifs is 4. The highest BCUT2D eigenvalue weighted by Gasteiger charge is 2.26. The quantitative estimate of drug-likeness (QED) is 0.182. The van der Waals surface area contributed by atoms with Crippen LogP contribution >= 0.6 is 22.9 Å². The van der Waals surface area contributed by atoms with Crippen molar-refractivity contribution in [2.24, 2.45) is 0 Å². The van der Waals surface area contributed by atoms with E-state index in [0.29, 0.717) is 5.02 Å². The highest BCUT2D eigenvalue weighted by Crippen LogP contribution is 2.49. The van der Waals surface area contributed by atoms with E-state index < -0.39 is 0 Å². The Morgan fingerprint density at radius 2 is 1.07 bits per heavy atom. The fourth-order valence-electron chi connectivity index (χ4n) is 7.56. The summed E-state index contributed by atoms with van der Waals surface area (Å²) in [4.78, 5) is 2.37. The summed E-state index contributed by atoms with van der Waals surface area (Å²) < 4.78 is 3.62. The van der Waals surface area contributed by atoms with Crippen molar-refractivity contribution in [2.75, 3.05) is 10.2 Å². The zero-order chi connectivity index (χ0) is 38.9. The molecule has 0 aliphatic carbocycles. The van der Waals surface area contributed by atoms with Crippen LogP contribution < -0.4 is 10.2 Å². The van der Waals surface area contributed by atoms with Crippen molar-refractivity contribution in [3.8, 4) is 5.69 Å². The normalized spacial score (nSPS) is 12.5. The number of hydrogen-bond donors (Lipinski definition) is 1. The molecule has 0 amide bonds. The Balaban J connectivity index is 1.42. The Labute approximate surface area is 335 Å². The molecule has 0 atom stereocenters. The fourth-order valence-corrected chi connectivity index (χ4v) is 8.71. The topological polar surface area (TPSA) is 20.2 Å². The lowest BCUT2D eigenvalue weighted by molar-refractivity contribution is 0.590. The molecule has 0 spiro atoms. The molecular weight excluding hydrogens is 710 g/mol. The van der Waals surface area contributed by atoms with Crippen molar-refractivity contribution in [1.29, 1.82) is 0 Å². The Kier molecular flexibility index (Phi) is 9.14. The van der Waals surface area contributed by atoms with Gasteiger partial charge in [-0.1, -0.05) is 141 Å². The zero-order valence-corrected chi connectivity index (χ0v) is 35.0. The molecule has 0 radical (unpaired) electrons. The van der Waals surface area contributed by atoms with Gasteiger partial charge < -0.3 is 14.8 Å². The summed E-state index contributed by atoms with van der Waals surface area (Å²) in [7, 11) is 0. The number of thiophene rings is 1. The first kappa shape index (κ1) is 36.9. The number of para-hydroxylation sites is 2. The molecule has 8 rings (SSSR count). The number of nitrogens with one attached hydrogen (secondary N) is 1. The molecule has 0 fully saturated rings. The molecule has 0 saturated carbocycles. The first-order valence-electron chi connectivity index (χ1n) is 19.2. The average molecular weight is 760 g/mol. The lowest BCUT2D eigenvalue weighted by Crippen LogP contribution is -2.14. The van der Waals surface area contributed by atoms with Crippen LogP contribution in [0.1, 0.15) is 79.0 Å². The minimum atomic E-state index is 0.000306. The fraction of sp³-hybridized carbons (Fsp3) is 0.240. The Hall–Kier alpha value is -5.03. The molecule has 2 aromatic heterocycles. The first-order valence-corrected chi connectivity index (χ1v) is 20.5. The lowest BCUT2D eigenvalue weighted by atomic mass is 9.86. The average Bonchev–Trinajstić information content (AvgIpc) is 3.71. The number of aromatic nitrogens is 1. The van der Waals surface area contributed by atoms with Crippen molar-refractivity contribution in [1.82, 2.24) is 4.57 Å². The van der Waals surface area contributed by atoms with Gasteiger partial charge in [0.2, 0.25) is 0 Å². The third-order valence-corrected chi connectivity index (χ3v) is 12.1. The van der Waals surface area contributed by atoms with Gasteiger partial charge in [0.25, 0.3) is 0 Å². The maximum absolute atomic E-state index is 7.74. The van der Waals surface area contributed by atoms with Crippen molar-refractivity contribution in [2.45, 2.75) is 78.6 Å². The number of hydrogen-bond acceptors (Lipinski definition) is 3. The van der Waals surface area contributed by atoms with Crippen LogP contribution in [0.15, 0.2) is 133 Å². The number of halogens is 1. The second-order valence-corrected chi connectivity index (χ2v) is 19.2. The van der Waals surface area contributed by atoms with Gasteiger partial charge in [0, 0.05) is 37.6 Å². The molecule has 5 heteroatoms. The second kappa shape index (κ2) is 13.6. The van der Waals surface area contributed by atoms with E-state index in [0.717, 1.165) is 45.2 Å². The molecule has 278 valence electrons. The van der Waals surface area contributed by atoms with Gasteiger partial charge in [-0.3, -0.25) is 0 Å². The Bertz CT molecular complexity index is 2620. The summed E-state index contributed by atoms with van der Waals surface area (Å²) in [5, 5.41) is 10.4. The molecule has 0 saturated heterocycles. The molecule has 0 bridgehead atoms. The highest BCUT2D eigenvalue weighted by atomic mass is 35.5. The van der Waals surface area contributed by atoms with Crippen LogP contribution in [0.2, 0.25) is 5.02 Å². The van der Waals surface area contributed by atoms with Gasteiger partial charge >= 0.3 is 0 Å². The van der Waals surface area contributed by atoms with Crippen molar-refractivity contribution < 1.29 is 0 Å². The number of benzene rings is 6. The number of anilines is 5. The van der Waals surface area contributed by atoms with Crippen LogP contribution in [-0.2, 0) is 16.2 Å². The SMILES string of the molecule is CC(C)(C)c1ccc(Nc2cc(-n3c4ccccc4c4ccccc43)cc(N(c3ccc(C(C)(C)C)cc3)c3csc4ccc(C(C)(C)C)cc34)c2Cl)cc1. The lowest BCUT2D eigenvalue weighted by Gasteiger charge is -2.29. The van der Waals surface area contributed by atoms with Crippen molar-refractivity contribution in [3.05, 3.63) is 154 Å². The maximum atomic E-state index is 7.74. The molecule has 0 unspecified atom stereocenters. The predicted octanol–water partition coefficient (Wildman–Crippen LogP) is 15.8. The van der Waals surface area contributed by atoms with Crippen LogP contribution in [0.5, 0.6) is 0 Å². The Morgan fingerprint density at radius 1 is 0.545 bits per heavy atom. The largest absolute Gasteiger partial charge is 0.354 e. The monoisotopic (exact) mass is 759 g/mol. The van der Waals surface area contributed by atoms with Gasteiger partial charge in [0.1, 0.15) is 0 Å². The molecule has 3 nitrogen and oxygen atoms in total. The molecule has 1 N–H and O–H groups in total. The number of rotatable bonds is 6. The second-order valence-electron chi connectivity index (χ2n) is 17.9. The standard InChI is InChI=1S/C50H50ClN3S/c1-48(2,3)32-18-23-35(24-19-32)52-41-29-37(54-42-16-12-10-14-38(42)39-15-11-13-17-43(39)54)30-44(47(41)51)53(36-25-20-33(21-26-36)49(4,5)6)45-31-55-46-27-22-34(28-40(45)46)50(7,8)9/h10-31,52H,1-9H3. The molecule has 2 heterocycles. The third-order valence-electron chi connectivity index (χ3n) is 10.8. The van der Waals surface area contributed by atoms with E-state index in [2.05, 4.69) is 210 Å². The molecule has 0 aliphatic rings. The summed E-state index contributed by atoms with van der Waals surface area (Å²) in [6, 6.07) is 46.5. The van der Waals surface area contributed by atoms with E-state index in [1.807, 2.05) is 0 Å². The van der Waals surface area contributed by atoms with Crippen molar-refractivity contribution >= 4 is 83.3 Å². The summed E-state index contributed by atoms with van der Waals surface area (Å²) in [6.07, 6.45) is 0. The highest BCUT2D eigenvalue weighted by molar-refractivity contribution is 7.17. The van der Waals surface area contributed by atoms with Crippen LogP contribution in [0.25, 0.3) is 37.6 Å². The zero-order valence-electron chi connectivity index (χ0n) is 33.4. The minimum Gasteiger partial charge on any atom is -0.354 e. The summed E-state index contributed by atoms with van der Waals surface area (Å²) >= 11 is 9.52. The maximum Gasteiger partial charge on any atom is 0.0882 e. The van der Waals surface area contributed by atoms with E-state index >= 15 is 0 Å². The van der Waals surface area contributed by atoms with Crippen molar-refractivity contribution in [3.63, 3.8) is 0 Å². The first-order chi connectivity index (χ1) is 26.1. The molecular formula is C50H50ClN3S. The van der Waals surface area contributed by atoms with Gasteiger partial charge in [-0.25, -0.2) is 0 Å². The van der Waals surface area contributed by atoms with E-state index in [1.54, 1.807) is 11.3 Å². The third kappa shape index (κ3) is 6.92. The molecule has 55 heavy (non-hydrogen) atoms.